The first kappa shape index (κ1) is 11.8. The summed E-state index contributed by atoms with van der Waals surface area (Å²) in [5, 5.41) is 20.8. The fourth-order valence-corrected chi connectivity index (χ4v) is 1.26. The largest absolute Gasteiger partial charge is 0.393 e. The van der Waals surface area contributed by atoms with Gasteiger partial charge in [0, 0.05) is 5.56 Å². The van der Waals surface area contributed by atoms with Crippen molar-refractivity contribution in [3.63, 3.8) is 0 Å². The standard InChI is InChI=1S/C11H15NO3/c1-12-6-10(14)8-2-4-9(5-3-8)11(15)7-13/h2-5,11-13,15H,6-7H2,1H3. The molecule has 3 N–H and O–H groups in total. The van der Waals surface area contributed by atoms with Crippen molar-refractivity contribution in [2.75, 3.05) is 20.2 Å². The van der Waals surface area contributed by atoms with E-state index in [0.29, 0.717) is 17.7 Å². The topological polar surface area (TPSA) is 69.6 Å². The van der Waals surface area contributed by atoms with E-state index in [-0.39, 0.29) is 12.4 Å². The van der Waals surface area contributed by atoms with Crippen molar-refractivity contribution in [1.29, 1.82) is 0 Å². The summed E-state index contributed by atoms with van der Waals surface area (Å²) in [5.41, 5.74) is 1.21. The van der Waals surface area contributed by atoms with E-state index in [0.717, 1.165) is 0 Å². The molecule has 0 radical (unpaired) electrons. The molecule has 82 valence electrons. The molecule has 1 aromatic carbocycles. The number of nitrogens with one attached hydrogen (secondary N) is 1. The third-order valence-corrected chi connectivity index (χ3v) is 2.13. The van der Waals surface area contributed by atoms with Crippen LogP contribution in [0.2, 0.25) is 0 Å². The number of Topliss-reactive ketones (excluding diaryl/α,β-unsaturated/α-hetero) is 1. The lowest BCUT2D eigenvalue weighted by molar-refractivity contribution is 0.0953. The van der Waals surface area contributed by atoms with E-state index in [1.165, 1.54) is 0 Å². The zero-order valence-corrected chi connectivity index (χ0v) is 8.60. The highest BCUT2D eigenvalue weighted by molar-refractivity contribution is 5.97. The second-order valence-electron chi connectivity index (χ2n) is 3.27. The molecule has 0 heterocycles. The predicted octanol–water partition coefficient (Wildman–Crippen LogP) is 0.114. The maximum absolute atomic E-state index is 11.4. The summed E-state index contributed by atoms with van der Waals surface area (Å²) in [7, 11) is 1.71. The molecular formula is C11H15NO3. The van der Waals surface area contributed by atoms with Crippen molar-refractivity contribution >= 4 is 5.78 Å². The highest BCUT2D eigenvalue weighted by atomic mass is 16.3. The lowest BCUT2D eigenvalue weighted by Gasteiger charge is -2.07. The van der Waals surface area contributed by atoms with Crippen LogP contribution in [0.5, 0.6) is 0 Å². The number of benzene rings is 1. The summed E-state index contributed by atoms with van der Waals surface area (Å²) < 4.78 is 0. The average Bonchev–Trinajstić information content (AvgIpc) is 2.28. The first-order valence-corrected chi connectivity index (χ1v) is 4.75. The Balaban J connectivity index is 2.76. The molecule has 4 nitrogen and oxygen atoms in total. The number of hydrogen-bond donors (Lipinski definition) is 3. The fourth-order valence-electron chi connectivity index (χ4n) is 1.26. The summed E-state index contributed by atoms with van der Waals surface area (Å²) >= 11 is 0. The van der Waals surface area contributed by atoms with Crippen LogP contribution in [-0.4, -0.2) is 36.2 Å². The third-order valence-electron chi connectivity index (χ3n) is 2.13. The highest BCUT2D eigenvalue weighted by Gasteiger charge is 2.07. The number of likely N-dealkylation sites (N-methyl/N-ethyl adjacent to an activating group) is 1. The molecule has 0 aliphatic heterocycles. The van der Waals surface area contributed by atoms with Crippen LogP contribution in [0, 0.1) is 0 Å². The lowest BCUT2D eigenvalue weighted by Crippen LogP contribution is -2.18. The molecule has 0 spiro atoms. The molecule has 1 rings (SSSR count). The summed E-state index contributed by atoms with van der Waals surface area (Å²) in [5.74, 6) is 0.00235. The van der Waals surface area contributed by atoms with E-state index < -0.39 is 6.10 Å². The van der Waals surface area contributed by atoms with Gasteiger partial charge >= 0.3 is 0 Å². The van der Waals surface area contributed by atoms with E-state index in [9.17, 15) is 9.90 Å². The van der Waals surface area contributed by atoms with Gasteiger partial charge in [-0.05, 0) is 12.6 Å². The zero-order valence-electron chi connectivity index (χ0n) is 8.60. The van der Waals surface area contributed by atoms with Crippen LogP contribution >= 0.6 is 0 Å². The van der Waals surface area contributed by atoms with Crippen LogP contribution in [0.15, 0.2) is 24.3 Å². The SMILES string of the molecule is CNCC(=O)c1ccc(C(O)CO)cc1. The first-order chi connectivity index (χ1) is 7.19. The summed E-state index contributed by atoms with van der Waals surface area (Å²) in [6, 6.07) is 6.58. The van der Waals surface area contributed by atoms with Gasteiger partial charge < -0.3 is 15.5 Å². The third kappa shape index (κ3) is 3.13. The fraction of sp³-hybridized carbons (Fsp3) is 0.364. The number of hydrogen-bond acceptors (Lipinski definition) is 4. The van der Waals surface area contributed by atoms with Crippen molar-refractivity contribution in [2.24, 2.45) is 0 Å². The lowest BCUT2D eigenvalue weighted by atomic mass is 10.1. The van der Waals surface area contributed by atoms with Gasteiger partial charge in [-0.1, -0.05) is 24.3 Å². The van der Waals surface area contributed by atoms with E-state index >= 15 is 0 Å². The van der Waals surface area contributed by atoms with Gasteiger partial charge in [-0.25, -0.2) is 0 Å². The van der Waals surface area contributed by atoms with Gasteiger partial charge in [0.1, 0.15) is 6.10 Å². The quantitative estimate of drug-likeness (QED) is 0.602. The van der Waals surface area contributed by atoms with Crippen LogP contribution < -0.4 is 5.32 Å². The minimum Gasteiger partial charge on any atom is -0.393 e. The molecule has 0 aliphatic carbocycles. The van der Waals surface area contributed by atoms with Crippen molar-refractivity contribution in [3.05, 3.63) is 35.4 Å². The summed E-state index contributed by atoms with van der Waals surface area (Å²) in [6.07, 6.45) is -0.876. The van der Waals surface area contributed by atoms with Gasteiger partial charge in [0.25, 0.3) is 0 Å². The Morgan fingerprint density at radius 1 is 1.40 bits per heavy atom. The van der Waals surface area contributed by atoms with Crippen LogP contribution in [-0.2, 0) is 0 Å². The van der Waals surface area contributed by atoms with Crippen molar-refractivity contribution in [2.45, 2.75) is 6.10 Å². The molecule has 0 saturated heterocycles. The Labute approximate surface area is 88.6 Å². The Hall–Kier alpha value is -1.23. The molecule has 4 heteroatoms. The van der Waals surface area contributed by atoms with E-state index in [2.05, 4.69) is 5.32 Å². The normalized spacial score (nSPS) is 12.5. The Kier molecular flexibility index (Phi) is 4.42. The second kappa shape index (κ2) is 5.60. The molecular weight excluding hydrogens is 194 g/mol. The predicted molar refractivity (Wildman–Crippen MR) is 56.7 cm³/mol. The minimum absolute atomic E-state index is 0.00235. The molecule has 1 atom stereocenters. The highest BCUT2D eigenvalue weighted by Crippen LogP contribution is 2.13. The van der Waals surface area contributed by atoms with Gasteiger partial charge in [-0.3, -0.25) is 4.79 Å². The number of aliphatic hydroxyl groups excluding tert-OH is 2. The van der Waals surface area contributed by atoms with Crippen molar-refractivity contribution in [3.8, 4) is 0 Å². The Morgan fingerprint density at radius 2 is 2.00 bits per heavy atom. The molecule has 0 aromatic heterocycles. The van der Waals surface area contributed by atoms with Crippen LogP contribution in [0.4, 0.5) is 0 Å². The van der Waals surface area contributed by atoms with Crippen LogP contribution in [0.3, 0.4) is 0 Å². The number of carbonyl (C=O) groups is 1. The van der Waals surface area contributed by atoms with Crippen molar-refractivity contribution < 1.29 is 15.0 Å². The second-order valence-corrected chi connectivity index (χ2v) is 3.27. The monoisotopic (exact) mass is 209 g/mol. The summed E-state index contributed by atoms with van der Waals surface area (Å²) in [6.45, 7) is -0.0221. The number of ketones is 1. The molecule has 0 aliphatic rings. The first-order valence-electron chi connectivity index (χ1n) is 4.75. The van der Waals surface area contributed by atoms with Crippen molar-refractivity contribution in [1.82, 2.24) is 5.32 Å². The average molecular weight is 209 g/mol. The van der Waals surface area contributed by atoms with E-state index in [1.807, 2.05) is 0 Å². The molecule has 0 bridgehead atoms. The molecule has 1 aromatic rings. The zero-order chi connectivity index (χ0) is 11.3. The van der Waals surface area contributed by atoms with Gasteiger partial charge in [0.05, 0.1) is 13.2 Å². The number of carbonyl (C=O) groups excluding carboxylic acids is 1. The molecule has 0 amide bonds. The van der Waals surface area contributed by atoms with E-state index in [1.54, 1.807) is 31.3 Å². The Bertz CT molecular complexity index is 321. The minimum atomic E-state index is -0.876. The van der Waals surface area contributed by atoms with Crippen LogP contribution in [0.25, 0.3) is 0 Å². The maximum atomic E-state index is 11.4. The van der Waals surface area contributed by atoms with Gasteiger partial charge in [0.15, 0.2) is 5.78 Å². The molecule has 1 unspecified atom stereocenters. The maximum Gasteiger partial charge on any atom is 0.176 e. The van der Waals surface area contributed by atoms with Crippen LogP contribution in [0.1, 0.15) is 22.0 Å². The number of aliphatic hydroxyl groups is 2. The molecule has 0 fully saturated rings. The smallest absolute Gasteiger partial charge is 0.176 e. The molecule has 15 heavy (non-hydrogen) atoms. The van der Waals surface area contributed by atoms with Gasteiger partial charge in [0.2, 0.25) is 0 Å². The Morgan fingerprint density at radius 3 is 2.47 bits per heavy atom. The van der Waals surface area contributed by atoms with Gasteiger partial charge in [-0.2, -0.15) is 0 Å². The summed E-state index contributed by atoms with van der Waals surface area (Å²) in [4.78, 5) is 11.4. The molecule has 0 saturated carbocycles. The van der Waals surface area contributed by atoms with Gasteiger partial charge in [-0.15, -0.1) is 0 Å². The number of rotatable bonds is 5. The van der Waals surface area contributed by atoms with E-state index in [4.69, 9.17) is 5.11 Å².